The van der Waals surface area contributed by atoms with E-state index in [4.69, 9.17) is 11.6 Å². The minimum atomic E-state index is -3.37. The van der Waals surface area contributed by atoms with Gasteiger partial charge in [0, 0.05) is 28.8 Å². The molecule has 1 heterocycles. The van der Waals surface area contributed by atoms with Crippen LogP contribution in [0.15, 0.2) is 36.5 Å². The summed E-state index contributed by atoms with van der Waals surface area (Å²) in [4.78, 5) is 3.07. The van der Waals surface area contributed by atoms with Crippen LogP contribution in [-0.2, 0) is 15.6 Å². The van der Waals surface area contributed by atoms with E-state index in [2.05, 4.69) is 11.1 Å². The van der Waals surface area contributed by atoms with Crippen molar-refractivity contribution >= 4 is 32.3 Å². The zero-order valence-electron chi connectivity index (χ0n) is 15.4. The van der Waals surface area contributed by atoms with Crippen molar-refractivity contribution in [2.75, 3.05) is 6.26 Å². The van der Waals surface area contributed by atoms with Gasteiger partial charge < -0.3 is 4.98 Å². The van der Waals surface area contributed by atoms with Gasteiger partial charge in [-0.3, -0.25) is 0 Å². The van der Waals surface area contributed by atoms with Gasteiger partial charge >= 0.3 is 0 Å². The molecule has 4 rings (SSSR count). The number of hydrogen-bond donors (Lipinski definition) is 1. The first-order chi connectivity index (χ1) is 13.7. The van der Waals surface area contributed by atoms with E-state index in [1.54, 1.807) is 12.3 Å². The molecule has 1 fully saturated rings. The van der Waals surface area contributed by atoms with Crippen LogP contribution in [0, 0.1) is 34.8 Å². The molecule has 2 aromatic carbocycles. The fraction of sp³-hybridized carbons (Fsp3) is 0.286. The van der Waals surface area contributed by atoms with Gasteiger partial charge in [-0.15, -0.1) is 0 Å². The lowest BCUT2D eigenvalue weighted by Gasteiger charge is -2.18. The first kappa shape index (κ1) is 19.9. The third-order valence-corrected chi connectivity index (χ3v) is 6.51. The predicted molar refractivity (Wildman–Crippen MR) is 107 cm³/mol. The lowest BCUT2D eigenvalue weighted by atomic mass is 9.85. The van der Waals surface area contributed by atoms with Crippen LogP contribution in [0.3, 0.4) is 0 Å². The molecule has 0 saturated heterocycles. The Balaban J connectivity index is 1.91. The van der Waals surface area contributed by atoms with Crippen molar-refractivity contribution in [2.45, 2.75) is 18.1 Å². The second kappa shape index (κ2) is 7.12. The number of halogens is 3. The first-order valence-corrected chi connectivity index (χ1v) is 11.4. The third kappa shape index (κ3) is 3.87. The highest BCUT2D eigenvalue weighted by atomic mass is 35.5. The van der Waals surface area contributed by atoms with Gasteiger partial charge in [-0.1, -0.05) is 17.7 Å². The highest BCUT2D eigenvalue weighted by molar-refractivity contribution is 7.89. The molecule has 0 aliphatic heterocycles. The highest BCUT2D eigenvalue weighted by Gasteiger charge is 2.45. The fourth-order valence-corrected chi connectivity index (χ4v) is 5.13. The SMILES string of the molecule is CS(=O)(=O)Cc1cc(F)cc2c(C(c3ccc(F)cc3Cl)C3CC3C#N)c[nH]c12. The third-order valence-electron chi connectivity index (χ3n) is 5.35. The van der Waals surface area contributed by atoms with E-state index in [1.165, 1.54) is 24.3 Å². The lowest BCUT2D eigenvalue weighted by molar-refractivity contribution is 0.600. The second-order valence-corrected chi connectivity index (χ2v) is 10.1. The molecule has 8 heteroatoms. The van der Waals surface area contributed by atoms with Crippen LogP contribution in [0.4, 0.5) is 8.78 Å². The van der Waals surface area contributed by atoms with E-state index in [9.17, 15) is 22.5 Å². The molecular formula is C21H17ClF2N2O2S. The molecule has 0 spiro atoms. The molecule has 4 nitrogen and oxygen atoms in total. The van der Waals surface area contributed by atoms with Crippen LogP contribution >= 0.6 is 11.6 Å². The number of hydrogen-bond acceptors (Lipinski definition) is 3. The van der Waals surface area contributed by atoms with Crippen molar-refractivity contribution < 1.29 is 17.2 Å². The van der Waals surface area contributed by atoms with Crippen molar-refractivity contribution in [1.82, 2.24) is 4.98 Å². The molecule has 1 aliphatic rings. The molecule has 1 aliphatic carbocycles. The number of H-pyrrole nitrogens is 1. The van der Waals surface area contributed by atoms with Gasteiger partial charge in [-0.25, -0.2) is 17.2 Å². The first-order valence-electron chi connectivity index (χ1n) is 8.99. The monoisotopic (exact) mass is 434 g/mol. The molecule has 0 radical (unpaired) electrons. The van der Waals surface area contributed by atoms with Gasteiger partial charge in [0.05, 0.1) is 23.3 Å². The minimum Gasteiger partial charge on any atom is -0.361 e. The smallest absolute Gasteiger partial charge is 0.151 e. The predicted octanol–water partition coefficient (Wildman–Crippen LogP) is 4.94. The molecular weight excluding hydrogens is 418 g/mol. The van der Waals surface area contributed by atoms with Crippen LogP contribution in [-0.4, -0.2) is 19.7 Å². The molecule has 1 saturated carbocycles. The highest BCUT2D eigenvalue weighted by Crippen LogP contribution is 2.53. The number of nitrogens with zero attached hydrogens (tertiary/aromatic N) is 1. The summed E-state index contributed by atoms with van der Waals surface area (Å²) < 4.78 is 51.5. The number of benzene rings is 2. The lowest BCUT2D eigenvalue weighted by Crippen LogP contribution is -2.06. The van der Waals surface area contributed by atoms with Crippen molar-refractivity contribution in [1.29, 1.82) is 5.26 Å². The summed E-state index contributed by atoms with van der Waals surface area (Å²) in [5.74, 6) is -1.86. The second-order valence-electron chi connectivity index (χ2n) is 7.58. The quantitative estimate of drug-likeness (QED) is 0.618. The number of nitriles is 1. The van der Waals surface area contributed by atoms with Crippen molar-refractivity contribution in [3.8, 4) is 6.07 Å². The maximum atomic E-state index is 14.4. The average molecular weight is 435 g/mol. The van der Waals surface area contributed by atoms with E-state index in [0.717, 1.165) is 6.26 Å². The van der Waals surface area contributed by atoms with Gasteiger partial charge in [0.1, 0.15) is 11.6 Å². The maximum absolute atomic E-state index is 14.4. The Morgan fingerprint density at radius 3 is 2.62 bits per heavy atom. The van der Waals surface area contributed by atoms with E-state index in [-0.39, 0.29) is 28.5 Å². The zero-order chi connectivity index (χ0) is 20.9. The number of aromatic amines is 1. The Morgan fingerprint density at radius 1 is 1.24 bits per heavy atom. The van der Waals surface area contributed by atoms with Crippen molar-refractivity contribution in [3.05, 3.63) is 69.9 Å². The molecule has 29 heavy (non-hydrogen) atoms. The van der Waals surface area contributed by atoms with Crippen LogP contribution in [0.2, 0.25) is 5.02 Å². The van der Waals surface area contributed by atoms with Crippen LogP contribution < -0.4 is 0 Å². The summed E-state index contributed by atoms with van der Waals surface area (Å²) in [6.07, 6.45) is 3.45. The van der Waals surface area contributed by atoms with Gasteiger partial charge in [0.15, 0.2) is 9.84 Å². The minimum absolute atomic E-state index is 0.0383. The average Bonchev–Trinajstić information content (AvgIpc) is 3.27. The zero-order valence-corrected chi connectivity index (χ0v) is 17.0. The van der Waals surface area contributed by atoms with Gasteiger partial charge in [-0.05, 0) is 53.3 Å². The van der Waals surface area contributed by atoms with Gasteiger partial charge in [-0.2, -0.15) is 5.26 Å². The summed E-state index contributed by atoms with van der Waals surface area (Å²) >= 11 is 6.32. The molecule has 3 aromatic rings. The Kier molecular flexibility index (Phi) is 4.88. The van der Waals surface area contributed by atoms with Crippen LogP contribution in [0.5, 0.6) is 0 Å². The summed E-state index contributed by atoms with van der Waals surface area (Å²) in [6, 6.07) is 8.92. The Labute approximate surface area is 172 Å². The summed E-state index contributed by atoms with van der Waals surface area (Å²) in [6.45, 7) is 0. The number of aromatic nitrogens is 1. The number of fused-ring (bicyclic) bond motifs is 1. The topological polar surface area (TPSA) is 73.7 Å². The van der Waals surface area contributed by atoms with Crippen molar-refractivity contribution in [2.24, 2.45) is 11.8 Å². The van der Waals surface area contributed by atoms with Gasteiger partial charge in [0.2, 0.25) is 0 Å². The van der Waals surface area contributed by atoms with Crippen molar-refractivity contribution in [3.63, 3.8) is 0 Å². The molecule has 0 bridgehead atoms. The number of sulfone groups is 1. The standard InChI is InChI=1S/C21H17ClF2N2O2S/c1-29(27,28)10-12-4-14(24)6-17-18(9-26-21(12)17)20(16-5-11(16)8-25)15-3-2-13(23)7-19(15)22/h2-4,6-7,9,11,16,20,26H,5,10H2,1H3. The maximum Gasteiger partial charge on any atom is 0.151 e. The summed E-state index contributed by atoms with van der Waals surface area (Å²) in [7, 11) is -3.37. The summed E-state index contributed by atoms with van der Waals surface area (Å²) in [5, 5.41) is 10.1. The van der Waals surface area contributed by atoms with E-state index in [1.807, 2.05) is 0 Å². The molecule has 150 valence electrons. The van der Waals surface area contributed by atoms with Gasteiger partial charge in [0.25, 0.3) is 0 Å². The molecule has 1 aromatic heterocycles. The van der Waals surface area contributed by atoms with Crippen LogP contribution in [0.25, 0.3) is 10.9 Å². The largest absolute Gasteiger partial charge is 0.361 e. The summed E-state index contributed by atoms with van der Waals surface area (Å²) in [5.41, 5.74) is 2.24. The van der Waals surface area contributed by atoms with E-state index >= 15 is 0 Å². The Morgan fingerprint density at radius 2 is 2.00 bits per heavy atom. The van der Waals surface area contributed by atoms with Crippen LogP contribution in [0.1, 0.15) is 29.0 Å². The van der Waals surface area contributed by atoms with E-state index in [0.29, 0.717) is 34.0 Å². The molecule has 1 N–H and O–H groups in total. The Hall–Kier alpha value is -2.43. The molecule has 3 unspecified atom stereocenters. The number of nitrogens with one attached hydrogen (secondary N) is 1. The molecule has 0 amide bonds. The number of rotatable bonds is 5. The fourth-order valence-electron chi connectivity index (χ4n) is 4.06. The normalized spacial score (nSPS) is 19.8. The molecule has 3 atom stereocenters. The van der Waals surface area contributed by atoms with E-state index < -0.39 is 21.5 Å². The Bertz CT molecular complexity index is 1260.